The highest BCUT2D eigenvalue weighted by molar-refractivity contribution is 5.99. The van der Waals surface area contributed by atoms with Gasteiger partial charge in [-0.05, 0) is 128 Å². The van der Waals surface area contributed by atoms with Gasteiger partial charge in [0.25, 0.3) is 0 Å². The molecule has 0 aliphatic carbocycles. The van der Waals surface area contributed by atoms with Crippen LogP contribution in [-0.2, 0) is 16.7 Å². The molecule has 65 heavy (non-hydrogen) atoms. The van der Waals surface area contributed by atoms with Gasteiger partial charge in [-0.2, -0.15) is 4.57 Å². The van der Waals surface area contributed by atoms with Crippen molar-refractivity contribution in [3.8, 4) is 78.6 Å². The third-order valence-corrected chi connectivity index (χ3v) is 14.0. The highest BCUT2D eigenvalue weighted by Gasteiger charge is 2.68. The van der Waals surface area contributed by atoms with E-state index in [4.69, 9.17) is 6.11 Å². The van der Waals surface area contributed by atoms with E-state index in [0.717, 1.165) is 89.3 Å². The molecule has 2 aromatic heterocycles. The Hall–Kier alpha value is -7.04. The largest absolute Gasteiger partial charge is 0.499 e. The minimum absolute atomic E-state index is 0.109. The number of hydrogen-bond donors (Lipinski definition) is 0. The van der Waals surface area contributed by atoms with Crippen LogP contribution in [0.1, 0.15) is 94.6 Å². The molecule has 9 aromatic rings. The minimum Gasteiger partial charge on any atom is -0.392 e. The lowest BCUT2D eigenvalue weighted by Crippen LogP contribution is -2.78. The summed E-state index contributed by atoms with van der Waals surface area (Å²) in [7, 11) is 0. The fourth-order valence-electron chi connectivity index (χ4n) is 10.6. The van der Waals surface area contributed by atoms with Crippen LogP contribution in [0.2, 0.25) is 0 Å². The van der Waals surface area contributed by atoms with E-state index in [1.807, 2.05) is 50.2 Å². The molecule has 0 saturated carbocycles. The van der Waals surface area contributed by atoms with Crippen LogP contribution in [0.5, 0.6) is 5.75 Å². The normalized spacial score (nSPS) is 16.7. The van der Waals surface area contributed by atoms with Gasteiger partial charge in [0.2, 0.25) is 5.69 Å². The van der Waals surface area contributed by atoms with Gasteiger partial charge in [0.15, 0.2) is 17.2 Å². The first kappa shape index (κ1) is 35.3. The minimum atomic E-state index is -2.46. The first-order chi connectivity index (χ1) is 32.7. The van der Waals surface area contributed by atoms with Gasteiger partial charge in [-0.15, -0.1) is 9.13 Å². The number of ether oxygens (including phenoxy) is 1. The van der Waals surface area contributed by atoms with E-state index in [9.17, 15) is 4.11 Å². The predicted octanol–water partition coefficient (Wildman–Crippen LogP) is 14.5. The molecule has 1 atom stereocenters. The molecule has 0 N–H and O–H groups in total. The lowest BCUT2D eigenvalue weighted by molar-refractivity contribution is -0.997. The van der Waals surface area contributed by atoms with E-state index in [0.29, 0.717) is 11.4 Å². The van der Waals surface area contributed by atoms with E-state index < -0.39 is 18.6 Å². The summed E-state index contributed by atoms with van der Waals surface area (Å²) in [6.07, 6.45) is 2.15. The number of aryl methyl sites for hydroxylation is 1. The average Bonchev–Trinajstić information content (AvgIpc) is 3.81. The summed E-state index contributed by atoms with van der Waals surface area (Å²) in [5, 5.41) is 0. The first-order valence-corrected chi connectivity index (χ1v) is 22.8. The number of pyridine rings is 1. The maximum atomic E-state index is 9.24. The van der Waals surface area contributed by atoms with Gasteiger partial charge in [0.1, 0.15) is 22.6 Å². The second-order valence-corrected chi connectivity index (χ2v) is 20.5. The number of imidazole rings is 1. The number of nitrogens with zero attached hydrogens (tertiary/aromatic N) is 3. The molecule has 0 fully saturated rings. The monoisotopic (exact) mass is 849 g/mol. The van der Waals surface area contributed by atoms with Gasteiger partial charge < -0.3 is 4.74 Å². The van der Waals surface area contributed by atoms with Crippen LogP contribution < -0.4 is 13.9 Å². The van der Waals surface area contributed by atoms with Crippen molar-refractivity contribution in [1.82, 2.24) is 4.57 Å². The smallest absolute Gasteiger partial charge is 0.392 e. The summed E-state index contributed by atoms with van der Waals surface area (Å²) in [5.41, 5.74) is 18.1. The summed E-state index contributed by atoms with van der Waals surface area (Å²) in [6.45, 7) is 14.7. The molecule has 0 amide bonds. The first-order valence-electron chi connectivity index (χ1n) is 24.8. The van der Waals surface area contributed by atoms with Crippen molar-refractivity contribution in [2.24, 2.45) is 0 Å². The Bertz CT molecular complexity index is 3590. The Kier molecular flexibility index (Phi) is 7.46. The maximum absolute atomic E-state index is 9.24. The summed E-state index contributed by atoms with van der Waals surface area (Å²) in [4.78, 5) is 0. The Morgan fingerprint density at radius 1 is 0.585 bits per heavy atom. The maximum Gasteiger partial charge on any atom is 0.499 e. The van der Waals surface area contributed by atoms with Crippen molar-refractivity contribution in [1.29, 1.82) is 0 Å². The number of para-hydroxylation sites is 2. The van der Waals surface area contributed by atoms with Crippen LogP contribution in [0.4, 0.5) is 0 Å². The zero-order chi connectivity index (χ0) is 48.2. The Balaban J connectivity index is 1.17. The fourth-order valence-corrected chi connectivity index (χ4v) is 10.6. The van der Waals surface area contributed by atoms with Crippen LogP contribution in [0.3, 0.4) is 0 Å². The number of benzene rings is 7. The molecule has 1 spiro atoms. The van der Waals surface area contributed by atoms with Gasteiger partial charge >= 0.3 is 11.7 Å². The van der Waals surface area contributed by atoms with Crippen molar-refractivity contribution in [3.63, 3.8) is 0 Å². The zero-order valence-electron chi connectivity index (χ0n) is 42.3. The van der Waals surface area contributed by atoms with Crippen LogP contribution in [0.15, 0.2) is 164 Å². The molecule has 0 saturated heterocycles. The standard InChI is InChI=1S/C61H55N3O/c1-37(2)39-22-24-41(25-23-39)43-28-29-62-54(35-43)51-34-45(40-16-11-10-12-17-40)33-50-48-19-15-20-53-57(48)64-58(49-18-13-14-21-55(49)65-61(62,64)56(50)51)63(53)52-27-26-42(30-38(52)3)44-31-46(59(4,5)6)36-47(32-44)60(7,8)9/h10-37H,1-9H3/q+2/i3D3,37D. The Morgan fingerprint density at radius 2 is 1.23 bits per heavy atom. The second-order valence-electron chi connectivity index (χ2n) is 20.5. The lowest BCUT2D eigenvalue weighted by Gasteiger charge is -2.32. The van der Waals surface area contributed by atoms with Crippen molar-refractivity contribution in [2.45, 2.75) is 84.8 Å². The Morgan fingerprint density at radius 3 is 1.95 bits per heavy atom. The zero-order valence-corrected chi connectivity index (χ0v) is 38.3. The van der Waals surface area contributed by atoms with Gasteiger partial charge in [-0.3, -0.25) is 0 Å². The molecule has 12 rings (SSSR count). The molecule has 3 aliphatic heterocycles. The fraction of sp³-hybridized carbons (Fsp3) is 0.213. The summed E-state index contributed by atoms with van der Waals surface area (Å²) < 4.78 is 50.8. The second kappa shape index (κ2) is 13.7. The molecule has 7 aromatic carbocycles. The summed E-state index contributed by atoms with van der Waals surface area (Å²) in [6, 6.07) is 55.3. The lowest BCUT2D eigenvalue weighted by atomic mass is 9.79. The topological polar surface area (TPSA) is 21.9 Å². The van der Waals surface area contributed by atoms with Crippen molar-refractivity contribution in [3.05, 3.63) is 192 Å². The SMILES string of the molecule is [2H]C([2H])([2H])c1cc(-c2cc(C(C)(C)C)cc(C(C)(C)C)c2)ccc1-n1c2[n+]3c4c(cccc41)-c1cc(-c4ccccc4)cc4c1C3(Oc1ccccc1-2)[n+]1ccc(-c2ccc(C([2H])(C)C)cc2)cc1-4. The molecule has 0 bridgehead atoms. The van der Waals surface area contributed by atoms with Gasteiger partial charge in [0.05, 0.1) is 5.56 Å². The molecular formula is C61H55N3O+2. The molecule has 4 nitrogen and oxygen atoms in total. The number of hydrogen-bond acceptors (Lipinski definition) is 1. The van der Waals surface area contributed by atoms with E-state index in [2.05, 4.69) is 183 Å². The van der Waals surface area contributed by atoms with E-state index in [1.54, 1.807) is 0 Å². The van der Waals surface area contributed by atoms with Crippen molar-refractivity contribution >= 4 is 11.0 Å². The van der Waals surface area contributed by atoms with Gasteiger partial charge in [-0.1, -0.05) is 152 Å². The highest BCUT2D eigenvalue weighted by atomic mass is 16.5. The quantitative estimate of drug-likeness (QED) is 0.158. The number of rotatable bonds is 5. The van der Waals surface area contributed by atoms with Crippen LogP contribution in [0, 0.1) is 6.85 Å². The number of aromatic nitrogens is 3. The molecule has 1 unspecified atom stereocenters. The van der Waals surface area contributed by atoms with Crippen molar-refractivity contribution < 1.29 is 19.4 Å². The van der Waals surface area contributed by atoms with Crippen LogP contribution >= 0.6 is 0 Å². The molecule has 4 heteroatoms. The molecule has 3 aliphatic rings. The van der Waals surface area contributed by atoms with Gasteiger partial charge in [0, 0.05) is 28.7 Å². The van der Waals surface area contributed by atoms with Crippen LogP contribution in [-0.4, -0.2) is 4.57 Å². The number of fused-ring (bicyclic) bond motifs is 5. The Labute approximate surface area is 388 Å². The highest BCUT2D eigenvalue weighted by Crippen LogP contribution is 2.54. The third kappa shape index (κ3) is 5.75. The molecule has 5 heterocycles. The summed E-state index contributed by atoms with van der Waals surface area (Å²) >= 11 is 0. The van der Waals surface area contributed by atoms with E-state index in [-0.39, 0.29) is 16.4 Å². The molecule has 0 radical (unpaired) electrons. The van der Waals surface area contributed by atoms with Gasteiger partial charge in [-0.25, -0.2) is 0 Å². The van der Waals surface area contributed by atoms with Crippen molar-refractivity contribution in [2.75, 3.05) is 0 Å². The predicted molar refractivity (Wildman–Crippen MR) is 266 cm³/mol. The summed E-state index contributed by atoms with van der Waals surface area (Å²) in [5.74, 6) is -0.389. The average molecular weight is 850 g/mol. The molecular weight excluding hydrogens is 791 g/mol. The van der Waals surface area contributed by atoms with E-state index in [1.165, 1.54) is 11.1 Å². The molecule has 318 valence electrons. The van der Waals surface area contributed by atoms with Crippen LogP contribution in [0.25, 0.3) is 83.9 Å². The third-order valence-electron chi connectivity index (χ3n) is 14.0. The van der Waals surface area contributed by atoms with E-state index >= 15 is 0 Å².